The summed E-state index contributed by atoms with van der Waals surface area (Å²) in [5.41, 5.74) is 0. The maximum atomic E-state index is 10.9. The topological polar surface area (TPSA) is 96.7 Å². The molecule has 0 radical (unpaired) electrons. The molecule has 0 saturated heterocycles. The molecule has 0 N–H and O–H groups in total. The van der Waals surface area contributed by atoms with Gasteiger partial charge in [0.25, 0.3) is 0 Å². The first-order valence-corrected chi connectivity index (χ1v) is 5.87. The second-order valence-corrected chi connectivity index (χ2v) is 3.81. The molecule has 0 amide bonds. The fourth-order valence-electron chi connectivity index (χ4n) is 1.29. The number of ketones is 1. The van der Waals surface area contributed by atoms with Gasteiger partial charge in [-0.1, -0.05) is 0 Å². The number of esters is 2. The van der Waals surface area contributed by atoms with E-state index < -0.39 is 5.78 Å². The van der Waals surface area contributed by atoms with Crippen LogP contribution in [0.4, 0.5) is 0 Å². The summed E-state index contributed by atoms with van der Waals surface area (Å²) in [6, 6.07) is 1.53. The highest BCUT2D eigenvalue weighted by atomic mass is 16.5. The SMILES string of the molecule is CC(=O)OCCN(CCOC(C)=O)CCC(=O)C#N. The second-order valence-electron chi connectivity index (χ2n) is 3.81. The van der Waals surface area contributed by atoms with Crippen molar-refractivity contribution in [2.24, 2.45) is 0 Å². The van der Waals surface area contributed by atoms with E-state index in [0.717, 1.165) is 0 Å². The Labute approximate surface area is 112 Å². The van der Waals surface area contributed by atoms with Crippen LogP contribution < -0.4 is 0 Å². The van der Waals surface area contributed by atoms with Crippen molar-refractivity contribution in [1.29, 1.82) is 5.26 Å². The zero-order valence-electron chi connectivity index (χ0n) is 11.2. The third-order valence-corrected chi connectivity index (χ3v) is 2.21. The molecule has 0 rings (SSSR count). The fraction of sp³-hybridized carbons (Fsp3) is 0.667. The lowest BCUT2D eigenvalue weighted by Crippen LogP contribution is -2.33. The summed E-state index contributed by atoms with van der Waals surface area (Å²) < 4.78 is 9.59. The summed E-state index contributed by atoms with van der Waals surface area (Å²) in [7, 11) is 0. The molecule has 7 nitrogen and oxygen atoms in total. The number of carbonyl (C=O) groups excluding carboxylic acids is 3. The molecule has 0 aromatic carbocycles. The molecule has 0 bridgehead atoms. The van der Waals surface area contributed by atoms with Crippen LogP contribution in [0.25, 0.3) is 0 Å². The van der Waals surface area contributed by atoms with Gasteiger partial charge in [0.05, 0.1) is 0 Å². The number of rotatable bonds is 9. The maximum absolute atomic E-state index is 10.9. The molecule has 0 saturated carbocycles. The molecule has 0 spiro atoms. The molecular formula is C12H18N2O5. The number of hydrogen-bond donors (Lipinski definition) is 0. The van der Waals surface area contributed by atoms with Gasteiger partial charge >= 0.3 is 11.9 Å². The van der Waals surface area contributed by atoms with Crippen LogP contribution in [0.3, 0.4) is 0 Å². The molecule has 0 heterocycles. The van der Waals surface area contributed by atoms with Crippen LogP contribution in [-0.4, -0.2) is 55.5 Å². The lowest BCUT2D eigenvalue weighted by molar-refractivity contribution is -0.141. The number of nitriles is 1. The minimum atomic E-state index is -0.509. The smallest absolute Gasteiger partial charge is 0.302 e. The van der Waals surface area contributed by atoms with Crippen molar-refractivity contribution >= 4 is 17.7 Å². The Hall–Kier alpha value is -1.94. The molecule has 0 aromatic rings. The Morgan fingerprint density at radius 3 is 1.84 bits per heavy atom. The van der Waals surface area contributed by atoms with Crippen LogP contribution >= 0.6 is 0 Å². The molecule has 0 aliphatic carbocycles. The van der Waals surface area contributed by atoms with Gasteiger partial charge in [-0.15, -0.1) is 0 Å². The summed E-state index contributed by atoms with van der Waals surface area (Å²) >= 11 is 0. The zero-order valence-corrected chi connectivity index (χ0v) is 11.2. The standard InChI is InChI=1S/C12H18N2O5/c1-10(15)18-7-5-14(4-3-12(17)9-13)6-8-19-11(2)16/h3-8H2,1-2H3. The van der Waals surface area contributed by atoms with E-state index in [1.54, 1.807) is 4.90 Å². The van der Waals surface area contributed by atoms with Gasteiger partial charge < -0.3 is 9.47 Å². The maximum Gasteiger partial charge on any atom is 0.302 e. The summed E-state index contributed by atoms with van der Waals surface area (Å²) in [4.78, 5) is 34.0. The summed E-state index contributed by atoms with van der Waals surface area (Å²) in [5.74, 6) is -1.27. The molecular weight excluding hydrogens is 252 g/mol. The number of ether oxygens (including phenoxy) is 2. The van der Waals surface area contributed by atoms with E-state index in [2.05, 4.69) is 0 Å². The Kier molecular flexibility index (Phi) is 9.00. The van der Waals surface area contributed by atoms with Gasteiger partial charge in [-0.3, -0.25) is 19.3 Å². The van der Waals surface area contributed by atoms with Crippen molar-refractivity contribution in [1.82, 2.24) is 4.90 Å². The molecule has 106 valence electrons. The lowest BCUT2D eigenvalue weighted by Gasteiger charge is -2.20. The second kappa shape index (κ2) is 10.0. The van der Waals surface area contributed by atoms with E-state index in [0.29, 0.717) is 19.6 Å². The van der Waals surface area contributed by atoms with Crippen molar-refractivity contribution in [3.63, 3.8) is 0 Å². The Morgan fingerprint density at radius 1 is 1.00 bits per heavy atom. The normalized spacial score (nSPS) is 9.79. The third-order valence-electron chi connectivity index (χ3n) is 2.21. The summed E-state index contributed by atoms with van der Waals surface area (Å²) in [6.45, 7) is 4.19. The quantitative estimate of drug-likeness (QED) is 0.426. The highest BCUT2D eigenvalue weighted by Crippen LogP contribution is 1.94. The summed E-state index contributed by atoms with van der Waals surface area (Å²) in [5, 5.41) is 8.39. The highest BCUT2D eigenvalue weighted by Gasteiger charge is 2.09. The predicted molar refractivity (Wildman–Crippen MR) is 64.9 cm³/mol. The van der Waals surface area contributed by atoms with E-state index in [1.807, 2.05) is 0 Å². The molecule has 0 aliphatic rings. The highest BCUT2D eigenvalue weighted by molar-refractivity contribution is 5.93. The molecule has 7 heteroatoms. The van der Waals surface area contributed by atoms with Gasteiger partial charge in [0.2, 0.25) is 5.78 Å². The predicted octanol–water partition coefficient (Wildman–Crippen LogP) is -0.103. The van der Waals surface area contributed by atoms with Gasteiger partial charge in [0.1, 0.15) is 19.3 Å². The molecule has 0 aromatic heterocycles. The first kappa shape index (κ1) is 17.1. The zero-order chi connectivity index (χ0) is 14.7. The van der Waals surface area contributed by atoms with Crippen molar-refractivity contribution in [3.8, 4) is 6.07 Å². The van der Waals surface area contributed by atoms with Gasteiger partial charge in [-0.2, -0.15) is 5.26 Å². The van der Waals surface area contributed by atoms with Gasteiger partial charge in [0.15, 0.2) is 0 Å². The van der Waals surface area contributed by atoms with E-state index in [1.165, 1.54) is 19.9 Å². The summed E-state index contributed by atoms with van der Waals surface area (Å²) in [6.07, 6.45) is 0.0939. The van der Waals surface area contributed by atoms with Crippen LogP contribution in [0, 0.1) is 11.3 Å². The number of hydrogen-bond acceptors (Lipinski definition) is 7. The van der Waals surface area contributed by atoms with Gasteiger partial charge in [-0.05, 0) is 0 Å². The lowest BCUT2D eigenvalue weighted by atomic mass is 10.3. The van der Waals surface area contributed by atoms with E-state index in [-0.39, 0.29) is 31.6 Å². The number of Topliss-reactive ketones (excluding diaryl/α,β-unsaturated/α-hetero) is 1. The van der Waals surface area contributed by atoms with Crippen molar-refractivity contribution in [3.05, 3.63) is 0 Å². The number of nitrogens with zero attached hydrogens (tertiary/aromatic N) is 2. The molecule has 19 heavy (non-hydrogen) atoms. The van der Waals surface area contributed by atoms with Gasteiger partial charge in [0, 0.05) is 39.9 Å². The average molecular weight is 270 g/mol. The van der Waals surface area contributed by atoms with Crippen LogP contribution in [0.15, 0.2) is 0 Å². The minimum absolute atomic E-state index is 0.0939. The molecule has 0 fully saturated rings. The Balaban J connectivity index is 4.06. The van der Waals surface area contributed by atoms with Crippen molar-refractivity contribution in [2.75, 3.05) is 32.8 Å². The van der Waals surface area contributed by atoms with Crippen LogP contribution in [0.2, 0.25) is 0 Å². The first-order valence-electron chi connectivity index (χ1n) is 5.87. The van der Waals surface area contributed by atoms with E-state index in [9.17, 15) is 14.4 Å². The third kappa shape index (κ3) is 10.9. The molecule has 0 atom stereocenters. The molecule has 0 unspecified atom stereocenters. The largest absolute Gasteiger partial charge is 0.465 e. The minimum Gasteiger partial charge on any atom is -0.465 e. The Bertz CT molecular complexity index is 342. The van der Waals surface area contributed by atoms with E-state index in [4.69, 9.17) is 14.7 Å². The van der Waals surface area contributed by atoms with Crippen molar-refractivity contribution < 1.29 is 23.9 Å². The van der Waals surface area contributed by atoms with Crippen LogP contribution in [0.1, 0.15) is 20.3 Å². The first-order chi connectivity index (χ1) is 8.95. The fourth-order valence-corrected chi connectivity index (χ4v) is 1.29. The number of carbonyl (C=O) groups is 3. The van der Waals surface area contributed by atoms with Crippen LogP contribution in [0.5, 0.6) is 0 Å². The monoisotopic (exact) mass is 270 g/mol. The van der Waals surface area contributed by atoms with Crippen LogP contribution in [-0.2, 0) is 23.9 Å². The Morgan fingerprint density at radius 2 is 1.47 bits per heavy atom. The average Bonchev–Trinajstić information content (AvgIpc) is 2.33. The molecule has 0 aliphatic heterocycles. The van der Waals surface area contributed by atoms with E-state index >= 15 is 0 Å². The van der Waals surface area contributed by atoms with Crippen molar-refractivity contribution in [2.45, 2.75) is 20.3 Å². The van der Waals surface area contributed by atoms with Gasteiger partial charge in [-0.25, -0.2) is 0 Å².